The van der Waals surface area contributed by atoms with Crippen LogP contribution in [0.5, 0.6) is 5.75 Å². The largest absolute Gasteiger partial charge is 0.481 e. The van der Waals surface area contributed by atoms with Crippen molar-refractivity contribution < 1.29 is 14.6 Å². The minimum absolute atomic E-state index is 0.366. The van der Waals surface area contributed by atoms with Crippen molar-refractivity contribution in [1.82, 2.24) is 0 Å². The van der Waals surface area contributed by atoms with Gasteiger partial charge in [-0.05, 0) is 63.0 Å². The van der Waals surface area contributed by atoms with Crippen molar-refractivity contribution in [3.8, 4) is 5.75 Å². The molecular formula is C23H18BrClO3S. The second kappa shape index (κ2) is 10.5. The molecule has 0 amide bonds. The fourth-order valence-electron chi connectivity index (χ4n) is 2.70. The molecule has 0 radical (unpaired) electrons. The molecule has 6 heteroatoms. The number of carbonyl (C=O) groups is 1. The molecule has 3 rings (SSSR count). The molecule has 0 fully saturated rings. The van der Waals surface area contributed by atoms with Crippen molar-refractivity contribution in [1.29, 1.82) is 0 Å². The van der Waals surface area contributed by atoms with Gasteiger partial charge in [-0.25, -0.2) is 4.79 Å². The second-order valence-corrected chi connectivity index (χ2v) is 8.46. The minimum atomic E-state index is -1.00. The third-order valence-electron chi connectivity index (χ3n) is 4.03. The van der Waals surface area contributed by atoms with E-state index < -0.39 is 5.97 Å². The SMILES string of the molecule is O=C(O)COc1ccc(SC/C=C(/c2ccccc2)c2ccc(Cl)cc2)cc1Br. The van der Waals surface area contributed by atoms with Gasteiger partial charge in [0.1, 0.15) is 5.75 Å². The van der Waals surface area contributed by atoms with Crippen LogP contribution < -0.4 is 4.74 Å². The molecule has 0 aromatic heterocycles. The van der Waals surface area contributed by atoms with Crippen LogP contribution in [0.4, 0.5) is 0 Å². The van der Waals surface area contributed by atoms with Crippen LogP contribution in [-0.2, 0) is 4.79 Å². The molecule has 3 aromatic carbocycles. The Morgan fingerprint density at radius 2 is 1.72 bits per heavy atom. The molecular weight excluding hydrogens is 472 g/mol. The number of hydrogen-bond acceptors (Lipinski definition) is 3. The monoisotopic (exact) mass is 488 g/mol. The van der Waals surface area contributed by atoms with Gasteiger partial charge in [-0.2, -0.15) is 0 Å². The van der Waals surface area contributed by atoms with Gasteiger partial charge in [-0.15, -0.1) is 11.8 Å². The Balaban J connectivity index is 1.75. The third kappa shape index (κ3) is 6.39. The molecule has 0 spiro atoms. The van der Waals surface area contributed by atoms with Gasteiger partial charge in [-0.1, -0.05) is 60.1 Å². The van der Waals surface area contributed by atoms with E-state index in [1.807, 2.05) is 54.6 Å². The zero-order valence-electron chi connectivity index (χ0n) is 15.3. The van der Waals surface area contributed by atoms with E-state index in [-0.39, 0.29) is 6.61 Å². The summed E-state index contributed by atoms with van der Waals surface area (Å²) in [7, 11) is 0. The van der Waals surface area contributed by atoms with E-state index in [0.717, 1.165) is 31.8 Å². The van der Waals surface area contributed by atoms with Gasteiger partial charge in [-0.3, -0.25) is 0 Å². The van der Waals surface area contributed by atoms with Crippen molar-refractivity contribution in [2.24, 2.45) is 0 Å². The summed E-state index contributed by atoms with van der Waals surface area (Å²) in [5.74, 6) is 0.281. The molecule has 0 aliphatic carbocycles. The van der Waals surface area contributed by atoms with Gasteiger partial charge >= 0.3 is 5.97 Å². The van der Waals surface area contributed by atoms with Crippen molar-refractivity contribution in [2.75, 3.05) is 12.4 Å². The van der Waals surface area contributed by atoms with Gasteiger partial charge < -0.3 is 9.84 Å². The predicted octanol–water partition coefficient (Wildman–Crippen LogP) is 6.79. The first kappa shape index (κ1) is 21.5. The van der Waals surface area contributed by atoms with Crippen LogP contribution in [0.25, 0.3) is 5.57 Å². The summed E-state index contributed by atoms with van der Waals surface area (Å²) in [4.78, 5) is 11.7. The fourth-order valence-corrected chi connectivity index (χ4v) is 4.28. The maximum Gasteiger partial charge on any atom is 0.341 e. The zero-order chi connectivity index (χ0) is 20.6. The Hall–Kier alpha value is -2.21. The van der Waals surface area contributed by atoms with E-state index in [4.69, 9.17) is 21.4 Å². The van der Waals surface area contributed by atoms with Crippen LogP contribution >= 0.6 is 39.3 Å². The smallest absolute Gasteiger partial charge is 0.341 e. The molecule has 0 unspecified atom stereocenters. The molecule has 0 saturated carbocycles. The van der Waals surface area contributed by atoms with Gasteiger partial charge in [0.2, 0.25) is 0 Å². The maximum absolute atomic E-state index is 10.7. The Morgan fingerprint density at radius 1 is 1.03 bits per heavy atom. The molecule has 1 N–H and O–H groups in total. The summed E-state index contributed by atoms with van der Waals surface area (Å²) < 4.78 is 5.97. The van der Waals surface area contributed by atoms with Crippen LogP contribution in [-0.4, -0.2) is 23.4 Å². The number of hydrogen-bond donors (Lipinski definition) is 1. The van der Waals surface area contributed by atoms with Gasteiger partial charge in [0.05, 0.1) is 4.47 Å². The number of aliphatic carboxylic acids is 1. The van der Waals surface area contributed by atoms with Crippen molar-refractivity contribution in [3.05, 3.63) is 99.5 Å². The van der Waals surface area contributed by atoms with Gasteiger partial charge in [0, 0.05) is 15.7 Å². The molecule has 3 aromatic rings. The van der Waals surface area contributed by atoms with E-state index in [9.17, 15) is 4.79 Å². The number of ether oxygens (including phenoxy) is 1. The van der Waals surface area contributed by atoms with Crippen molar-refractivity contribution in [3.63, 3.8) is 0 Å². The van der Waals surface area contributed by atoms with Crippen LogP contribution in [0.3, 0.4) is 0 Å². The van der Waals surface area contributed by atoms with Crippen LogP contribution in [0.15, 0.2) is 88.2 Å². The molecule has 0 aliphatic rings. The van der Waals surface area contributed by atoms with Crippen LogP contribution in [0.1, 0.15) is 11.1 Å². The molecule has 0 aliphatic heterocycles. The van der Waals surface area contributed by atoms with Crippen molar-refractivity contribution >= 4 is 50.8 Å². The minimum Gasteiger partial charge on any atom is -0.481 e. The Morgan fingerprint density at radius 3 is 2.38 bits per heavy atom. The normalized spacial score (nSPS) is 11.3. The van der Waals surface area contributed by atoms with E-state index in [2.05, 4.69) is 34.1 Å². The average molecular weight is 490 g/mol. The molecule has 148 valence electrons. The van der Waals surface area contributed by atoms with Gasteiger partial charge in [0.15, 0.2) is 6.61 Å². The Bertz CT molecular complexity index is 1000. The number of rotatable bonds is 8. The third-order valence-corrected chi connectivity index (χ3v) is 5.82. The number of halogens is 2. The van der Waals surface area contributed by atoms with E-state index in [1.54, 1.807) is 17.8 Å². The first-order valence-corrected chi connectivity index (χ1v) is 11.0. The summed E-state index contributed by atoms with van der Waals surface area (Å²) in [5, 5.41) is 9.45. The van der Waals surface area contributed by atoms with E-state index >= 15 is 0 Å². The lowest BCUT2D eigenvalue weighted by Crippen LogP contribution is -2.09. The standard InChI is InChI=1S/C23H18BrClO3S/c24-21-14-19(10-11-22(21)28-15-23(26)27)29-13-12-20(16-4-2-1-3-5-16)17-6-8-18(25)9-7-17/h1-12,14H,13,15H2,(H,26,27)/b20-12-. The van der Waals surface area contributed by atoms with E-state index in [1.165, 1.54) is 0 Å². The topological polar surface area (TPSA) is 46.5 Å². The summed E-state index contributed by atoms with van der Waals surface area (Å²) >= 11 is 11.2. The summed E-state index contributed by atoms with van der Waals surface area (Å²) in [6.07, 6.45) is 2.20. The quantitative estimate of drug-likeness (QED) is 0.354. The summed E-state index contributed by atoms with van der Waals surface area (Å²) in [5.41, 5.74) is 3.41. The Labute approximate surface area is 187 Å². The molecule has 3 nitrogen and oxygen atoms in total. The summed E-state index contributed by atoms with van der Waals surface area (Å²) in [6, 6.07) is 23.7. The molecule has 0 saturated heterocycles. The molecule has 0 bridgehead atoms. The zero-order valence-corrected chi connectivity index (χ0v) is 18.5. The predicted molar refractivity (Wildman–Crippen MR) is 123 cm³/mol. The lowest BCUT2D eigenvalue weighted by molar-refractivity contribution is -0.139. The molecule has 29 heavy (non-hydrogen) atoms. The lowest BCUT2D eigenvalue weighted by atomic mass is 9.98. The Kier molecular flexibility index (Phi) is 7.81. The van der Waals surface area contributed by atoms with Gasteiger partial charge in [0.25, 0.3) is 0 Å². The number of benzene rings is 3. The highest BCUT2D eigenvalue weighted by molar-refractivity contribution is 9.10. The van der Waals surface area contributed by atoms with E-state index in [0.29, 0.717) is 10.8 Å². The van der Waals surface area contributed by atoms with Crippen molar-refractivity contribution in [2.45, 2.75) is 4.90 Å². The highest BCUT2D eigenvalue weighted by Gasteiger charge is 2.07. The molecule has 0 heterocycles. The lowest BCUT2D eigenvalue weighted by Gasteiger charge is -2.10. The first-order valence-electron chi connectivity index (χ1n) is 8.81. The van der Waals surface area contributed by atoms with Crippen LogP contribution in [0, 0.1) is 0 Å². The number of carboxylic acid groups (broad SMARTS) is 1. The molecule has 0 atom stereocenters. The highest BCUT2D eigenvalue weighted by Crippen LogP contribution is 2.32. The fraction of sp³-hybridized carbons (Fsp3) is 0.0870. The first-order chi connectivity index (χ1) is 14.0. The number of thioether (sulfide) groups is 1. The summed E-state index contributed by atoms with van der Waals surface area (Å²) in [6.45, 7) is -0.366. The second-order valence-electron chi connectivity index (χ2n) is 6.08. The maximum atomic E-state index is 10.7. The number of carboxylic acids is 1. The highest BCUT2D eigenvalue weighted by atomic mass is 79.9. The van der Waals surface area contributed by atoms with Crippen LogP contribution in [0.2, 0.25) is 5.02 Å². The average Bonchev–Trinajstić information content (AvgIpc) is 2.72.